The van der Waals surface area contributed by atoms with Gasteiger partial charge in [0.25, 0.3) is 10.0 Å². The van der Waals surface area contributed by atoms with E-state index in [1.54, 1.807) is 47.7 Å². The zero-order valence-corrected chi connectivity index (χ0v) is 19.4. The van der Waals surface area contributed by atoms with E-state index in [9.17, 15) is 13.2 Å². The molecule has 32 heavy (non-hydrogen) atoms. The van der Waals surface area contributed by atoms with E-state index in [2.05, 4.69) is 15.0 Å². The number of nitrogens with zero attached hydrogens (tertiary/aromatic N) is 1. The van der Waals surface area contributed by atoms with E-state index in [1.165, 1.54) is 30.6 Å². The molecule has 0 aliphatic carbocycles. The topological polar surface area (TPSA) is 97.4 Å². The highest BCUT2D eigenvalue weighted by Crippen LogP contribution is 2.26. The summed E-state index contributed by atoms with van der Waals surface area (Å²) in [4.78, 5) is 17.0. The third-order valence-electron chi connectivity index (χ3n) is 4.43. The molecule has 0 unspecified atom stereocenters. The summed E-state index contributed by atoms with van der Waals surface area (Å²) in [5, 5.41) is 9.45. The highest BCUT2D eigenvalue weighted by atomic mass is 32.2. The number of rotatable bonds is 8. The number of methoxy groups -OCH3 is 1. The average molecular weight is 486 g/mol. The minimum Gasteiger partial charge on any atom is -0.497 e. The zero-order valence-electron chi connectivity index (χ0n) is 16.9. The van der Waals surface area contributed by atoms with Crippen molar-refractivity contribution in [3.8, 4) is 16.3 Å². The number of thiophene rings is 1. The van der Waals surface area contributed by atoms with E-state index in [0.717, 1.165) is 10.6 Å². The monoisotopic (exact) mass is 485 g/mol. The summed E-state index contributed by atoms with van der Waals surface area (Å²) in [5.41, 5.74) is 2.50. The van der Waals surface area contributed by atoms with Crippen molar-refractivity contribution < 1.29 is 17.9 Å². The van der Waals surface area contributed by atoms with Crippen molar-refractivity contribution in [1.29, 1.82) is 0 Å². The van der Waals surface area contributed by atoms with Crippen LogP contribution in [0.2, 0.25) is 0 Å². The molecule has 0 spiro atoms. The van der Waals surface area contributed by atoms with Crippen molar-refractivity contribution in [1.82, 2.24) is 4.98 Å². The van der Waals surface area contributed by atoms with Crippen molar-refractivity contribution >= 4 is 50.0 Å². The van der Waals surface area contributed by atoms with Crippen LogP contribution in [0.5, 0.6) is 5.75 Å². The largest absolute Gasteiger partial charge is 0.497 e. The molecule has 0 fully saturated rings. The Morgan fingerprint density at radius 3 is 2.59 bits per heavy atom. The highest BCUT2D eigenvalue weighted by molar-refractivity contribution is 7.92. The smallest absolute Gasteiger partial charge is 0.261 e. The Balaban J connectivity index is 1.42. The Labute approximate surface area is 193 Å². The number of hydrogen-bond acceptors (Lipinski definition) is 7. The molecule has 0 radical (unpaired) electrons. The van der Waals surface area contributed by atoms with Gasteiger partial charge in [-0.2, -0.15) is 11.3 Å². The summed E-state index contributed by atoms with van der Waals surface area (Å²) in [7, 11) is -2.29. The van der Waals surface area contributed by atoms with Gasteiger partial charge in [0.15, 0.2) is 0 Å². The summed E-state index contributed by atoms with van der Waals surface area (Å²) < 4.78 is 33.1. The number of ether oxygens (including phenoxy) is 1. The van der Waals surface area contributed by atoms with Gasteiger partial charge in [-0.1, -0.05) is 6.07 Å². The van der Waals surface area contributed by atoms with Crippen molar-refractivity contribution in [3.05, 3.63) is 76.4 Å². The number of aromatic nitrogens is 1. The molecule has 10 heteroatoms. The van der Waals surface area contributed by atoms with Crippen LogP contribution >= 0.6 is 22.7 Å². The fraction of sp³-hybridized carbons (Fsp3) is 0.0909. The lowest BCUT2D eigenvalue weighted by atomic mass is 10.3. The predicted molar refractivity (Wildman–Crippen MR) is 128 cm³/mol. The molecule has 1 amide bonds. The number of nitrogens with one attached hydrogen (secondary N) is 2. The van der Waals surface area contributed by atoms with Gasteiger partial charge in [-0.05, 0) is 53.9 Å². The van der Waals surface area contributed by atoms with Gasteiger partial charge in [-0.3, -0.25) is 9.52 Å². The van der Waals surface area contributed by atoms with Gasteiger partial charge in [0.2, 0.25) is 5.91 Å². The van der Waals surface area contributed by atoms with Crippen molar-refractivity contribution in [2.75, 3.05) is 17.1 Å². The van der Waals surface area contributed by atoms with Crippen LogP contribution in [0, 0.1) is 0 Å². The summed E-state index contributed by atoms with van der Waals surface area (Å²) in [6.07, 6.45) is 0.0989. The molecular formula is C22H19N3O4S3. The van der Waals surface area contributed by atoms with E-state index in [0.29, 0.717) is 22.8 Å². The van der Waals surface area contributed by atoms with Gasteiger partial charge in [-0.15, -0.1) is 11.3 Å². The fourth-order valence-electron chi connectivity index (χ4n) is 2.89. The predicted octanol–water partition coefficient (Wildman–Crippen LogP) is 4.86. The summed E-state index contributed by atoms with van der Waals surface area (Å²) >= 11 is 3.08. The first-order valence-electron chi connectivity index (χ1n) is 9.47. The number of amides is 1. The lowest BCUT2D eigenvalue weighted by molar-refractivity contribution is -0.115. The first-order valence-corrected chi connectivity index (χ1v) is 12.8. The van der Waals surface area contributed by atoms with Gasteiger partial charge < -0.3 is 10.1 Å². The first-order chi connectivity index (χ1) is 15.4. The molecule has 4 aromatic rings. The van der Waals surface area contributed by atoms with E-state index >= 15 is 0 Å². The number of carbonyl (C=O) groups is 1. The lowest BCUT2D eigenvalue weighted by Crippen LogP contribution is -2.16. The average Bonchev–Trinajstić information content (AvgIpc) is 3.46. The second-order valence-electron chi connectivity index (χ2n) is 6.74. The van der Waals surface area contributed by atoms with Crippen molar-refractivity contribution in [3.63, 3.8) is 0 Å². The minimum absolute atomic E-state index is 0.0412. The van der Waals surface area contributed by atoms with Crippen LogP contribution in [-0.4, -0.2) is 26.4 Å². The van der Waals surface area contributed by atoms with Crippen LogP contribution in [0.3, 0.4) is 0 Å². The highest BCUT2D eigenvalue weighted by Gasteiger charge is 2.16. The van der Waals surface area contributed by atoms with Gasteiger partial charge >= 0.3 is 0 Å². The summed E-state index contributed by atoms with van der Waals surface area (Å²) in [6, 6.07) is 14.6. The van der Waals surface area contributed by atoms with E-state index in [4.69, 9.17) is 4.74 Å². The molecule has 0 saturated carbocycles. The van der Waals surface area contributed by atoms with Crippen LogP contribution in [0.4, 0.5) is 11.4 Å². The Kier molecular flexibility index (Phi) is 6.54. The molecule has 0 bridgehead atoms. The molecule has 0 aliphatic heterocycles. The van der Waals surface area contributed by atoms with Gasteiger partial charge in [0.05, 0.1) is 24.1 Å². The van der Waals surface area contributed by atoms with Crippen molar-refractivity contribution in [2.24, 2.45) is 0 Å². The first kappa shape index (κ1) is 22.0. The molecular weight excluding hydrogens is 466 g/mol. The molecule has 0 atom stereocenters. The van der Waals surface area contributed by atoms with Crippen LogP contribution in [0.15, 0.2) is 75.6 Å². The molecule has 2 heterocycles. The molecule has 164 valence electrons. The summed E-state index contributed by atoms with van der Waals surface area (Å²) in [6.45, 7) is 0. The Morgan fingerprint density at radius 2 is 1.88 bits per heavy atom. The number of sulfonamides is 1. The van der Waals surface area contributed by atoms with Crippen LogP contribution < -0.4 is 14.8 Å². The number of anilines is 2. The Hall–Kier alpha value is -3.21. The standard InChI is InChI=1S/C22H19N3O4S3/c1-29-19-7-5-16(6-8-19)25-32(27,28)20-4-2-3-17(11-20)23-21(26)12-18-14-31-22(24-18)15-9-10-30-13-15/h2-11,13-14,25H,12H2,1H3,(H,23,26). The Morgan fingerprint density at radius 1 is 1.06 bits per heavy atom. The second kappa shape index (κ2) is 9.51. The second-order valence-corrected chi connectivity index (χ2v) is 10.1. The Bertz CT molecular complexity index is 1310. The number of hydrogen-bond donors (Lipinski definition) is 2. The molecule has 0 saturated heterocycles. The van der Waals surface area contributed by atoms with E-state index in [1.807, 2.05) is 22.2 Å². The zero-order chi connectivity index (χ0) is 22.6. The molecule has 2 aromatic carbocycles. The van der Waals surface area contributed by atoms with Gasteiger partial charge in [-0.25, -0.2) is 13.4 Å². The summed E-state index contributed by atoms with van der Waals surface area (Å²) in [5.74, 6) is 0.352. The van der Waals surface area contributed by atoms with Gasteiger partial charge in [0.1, 0.15) is 10.8 Å². The molecule has 7 nitrogen and oxygen atoms in total. The van der Waals surface area contributed by atoms with Gasteiger partial charge in [0, 0.05) is 27.7 Å². The van der Waals surface area contributed by atoms with Crippen LogP contribution in [0.1, 0.15) is 5.69 Å². The van der Waals surface area contributed by atoms with E-state index < -0.39 is 10.0 Å². The van der Waals surface area contributed by atoms with Crippen molar-refractivity contribution in [2.45, 2.75) is 11.3 Å². The van der Waals surface area contributed by atoms with Crippen LogP contribution in [-0.2, 0) is 21.2 Å². The fourth-order valence-corrected chi connectivity index (χ4v) is 5.53. The maximum Gasteiger partial charge on any atom is 0.261 e. The minimum atomic E-state index is -3.82. The maximum atomic E-state index is 12.7. The third kappa shape index (κ3) is 5.34. The number of benzene rings is 2. The third-order valence-corrected chi connectivity index (χ3v) is 7.43. The number of thiazole rings is 1. The lowest BCUT2D eigenvalue weighted by Gasteiger charge is -2.10. The maximum absolute atomic E-state index is 12.7. The van der Waals surface area contributed by atoms with E-state index in [-0.39, 0.29) is 17.2 Å². The SMILES string of the molecule is COc1ccc(NS(=O)(=O)c2cccc(NC(=O)Cc3csc(-c4ccsc4)n3)c2)cc1. The molecule has 2 N–H and O–H groups in total. The molecule has 0 aliphatic rings. The molecule has 2 aromatic heterocycles. The number of carbonyl (C=O) groups excluding carboxylic acids is 1. The molecule has 4 rings (SSSR count). The normalized spacial score (nSPS) is 11.2. The van der Waals surface area contributed by atoms with Crippen LogP contribution in [0.25, 0.3) is 10.6 Å². The quantitative estimate of drug-likeness (QED) is 0.371.